The Morgan fingerprint density at radius 2 is 2.00 bits per heavy atom. The monoisotopic (exact) mass is 321 g/mol. The van der Waals surface area contributed by atoms with E-state index in [1.54, 1.807) is 18.8 Å². The van der Waals surface area contributed by atoms with E-state index in [0.717, 1.165) is 32.2 Å². The minimum atomic E-state index is -3.33. The summed E-state index contributed by atoms with van der Waals surface area (Å²) in [4.78, 5) is 0. The minimum absolute atomic E-state index is 0.0991. The number of thioether (sulfide) groups is 1. The molecule has 2 atom stereocenters. The summed E-state index contributed by atoms with van der Waals surface area (Å²) in [5.74, 6) is 0. The fourth-order valence-electron chi connectivity index (χ4n) is 2.64. The molecule has 0 heterocycles. The molecule has 0 amide bonds. The van der Waals surface area contributed by atoms with Crippen molar-refractivity contribution in [3.63, 3.8) is 0 Å². The van der Waals surface area contributed by atoms with Crippen LogP contribution in [0.2, 0.25) is 0 Å². The van der Waals surface area contributed by atoms with Crippen molar-refractivity contribution in [2.24, 2.45) is 0 Å². The maximum absolute atomic E-state index is 12.3. The molecule has 0 aromatic heterocycles. The minimum Gasteiger partial charge on any atom is -0.314 e. The molecule has 0 aliphatic heterocycles. The second-order valence-corrected chi connectivity index (χ2v) is 8.72. The van der Waals surface area contributed by atoms with Crippen molar-refractivity contribution in [1.29, 1.82) is 0 Å². The molecule has 0 radical (unpaired) electrons. The number of rotatable bonds is 9. The maximum Gasteiger partial charge on any atom is 0.279 e. The number of nitrogens with zero attached hydrogens (tertiary/aromatic N) is 1. The predicted molar refractivity (Wildman–Crippen MR) is 85.3 cm³/mol. The highest BCUT2D eigenvalue weighted by Gasteiger charge is 2.31. The van der Waals surface area contributed by atoms with Crippen molar-refractivity contribution in [3.05, 3.63) is 0 Å². The summed E-state index contributed by atoms with van der Waals surface area (Å²) < 4.78 is 28.9. The molecule has 2 fully saturated rings. The summed E-state index contributed by atoms with van der Waals surface area (Å²) in [6.07, 6.45) is 8.66. The summed E-state index contributed by atoms with van der Waals surface area (Å²) in [6.45, 7) is 1.48. The summed E-state index contributed by atoms with van der Waals surface area (Å²) in [7, 11) is -1.66. The van der Waals surface area contributed by atoms with Crippen molar-refractivity contribution in [3.8, 4) is 0 Å². The molecule has 118 valence electrons. The topological polar surface area (TPSA) is 61.4 Å². The Labute approximate surface area is 127 Å². The van der Waals surface area contributed by atoms with Crippen molar-refractivity contribution in [2.75, 3.05) is 26.4 Å². The Morgan fingerprint density at radius 3 is 2.65 bits per heavy atom. The van der Waals surface area contributed by atoms with Gasteiger partial charge >= 0.3 is 0 Å². The molecule has 0 aromatic rings. The second kappa shape index (κ2) is 7.45. The molecule has 2 unspecified atom stereocenters. The van der Waals surface area contributed by atoms with Crippen molar-refractivity contribution >= 4 is 22.0 Å². The Morgan fingerprint density at radius 1 is 1.25 bits per heavy atom. The van der Waals surface area contributed by atoms with Gasteiger partial charge in [0.15, 0.2) is 0 Å². The van der Waals surface area contributed by atoms with Gasteiger partial charge in [-0.15, -0.1) is 0 Å². The largest absolute Gasteiger partial charge is 0.314 e. The van der Waals surface area contributed by atoms with E-state index in [1.807, 2.05) is 0 Å². The zero-order valence-electron chi connectivity index (χ0n) is 12.5. The Hall–Kier alpha value is 0.180. The normalized spacial score (nSPS) is 27.4. The van der Waals surface area contributed by atoms with Crippen molar-refractivity contribution in [2.45, 2.75) is 55.9 Å². The van der Waals surface area contributed by atoms with E-state index in [2.05, 4.69) is 16.3 Å². The fourth-order valence-corrected chi connectivity index (χ4v) is 4.88. The smallest absolute Gasteiger partial charge is 0.279 e. The standard InChI is InChI=1S/C13H27N3O2S2/c1-16(10-4-9-14-11-7-8-11)20(17,18)15-12-5-3-6-13(12)19-2/h11-15H,3-10H2,1-2H3. The lowest BCUT2D eigenvalue weighted by Gasteiger charge is -2.23. The zero-order chi connectivity index (χ0) is 14.6. The summed E-state index contributed by atoms with van der Waals surface area (Å²) in [5, 5.41) is 3.83. The first-order valence-electron chi connectivity index (χ1n) is 7.52. The van der Waals surface area contributed by atoms with Crippen LogP contribution in [-0.4, -0.2) is 56.4 Å². The summed E-state index contributed by atoms with van der Waals surface area (Å²) in [5.41, 5.74) is 0. The van der Waals surface area contributed by atoms with Gasteiger partial charge in [0.2, 0.25) is 0 Å². The van der Waals surface area contributed by atoms with Crippen LogP contribution in [0.1, 0.15) is 38.5 Å². The van der Waals surface area contributed by atoms with E-state index in [4.69, 9.17) is 0 Å². The van der Waals surface area contributed by atoms with E-state index >= 15 is 0 Å². The fraction of sp³-hybridized carbons (Fsp3) is 1.00. The highest BCUT2D eigenvalue weighted by molar-refractivity contribution is 7.99. The molecule has 20 heavy (non-hydrogen) atoms. The molecule has 0 bridgehead atoms. The van der Waals surface area contributed by atoms with E-state index in [0.29, 0.717) is 17.8 Å². The molecular formula is C13H27N3O2S2. The van der Waals surface area contributed by atoms with E-state index in [9.17, 15) is 8.42 Å². The van der Waals surface area contributed by atoms with Crippen LogP contribution in [0.25, 0.3) is 0 Å². The molecular weight excluding hydrogens is 294 g/mol. The van der Waals surface area contributed by atoms with Crippen LogP contribution in [0.15, 0.2) is 0 Å². The lowest BCUT2D eigenvalue weighted by molar-refractivity contribution is 0.435. The van der Waals surface area contributed by atoms with Gasteiger partial charge in [0, 0.05) is 30.9 Å². The van der Waals surface area contributed by atoms with E-state index in [1.165, 1.54) is 17.1 Å². The van der Waals surface area contributed by atoms with Gasteiger partial charge in [-0.1, -0.05) is 6.42 Å². The first-order chi connectivity index (χ1) is 9.53. The Kier molecular flexibility index (Phi) is 6.16. The molecule has 2 aliphatic rings. The van der Waals surface area contributed by atoms with Gasteiger partial charge in [-0.2, -0.15) is 29.2 Å². The lowest BCUT2D eigenvalue weighted by atomic mass is 10.3. The third kappa shape index (κ3) is 4.87. The average Bonchev–Trinajstić information content (AvgIpc) is 3.13. The number of hydrogen-bond acceptors (Lipinski definition) is 4. The molecule has 7 heteroatoms. The highest BCUT2D eigenvalue weighted by Crippen LogP contribution is 2.29. The summed E-state index contributed by atoms with van der Waals surface area (Å²) in [6, 6.07) is 0.790. The van der Waals surface area contributed by atoms with Gasteiger partial charge in [-0.25, -0.2) is 0 Å². The van der Waals surface area contributed by atoms with Crippen LogP contribution >= 0.6 is 11.8 Å². The van der Waals surface area contributed by atoms with Gasteiger partial charge < -0.3 is 5.32 Å². The van der Waals surface area contributed by atoms with Gasteiger partial charge in [-0.3, -0.25) is 0 Å². The third-order valence-electron chi connectivity index (χ3n) is 4.13. The molecule has 0 spiro atoms. The quantitative estimate of drug-likeness (QED) is 0.626. The van der Waals surface area contributed by atoms with Crippen LogP contribution in [0, 0.1) is 0 Å². The lowest BCUT2D eigenvalue weighted by Crippen LogP contribution is -2.46. The van der Waals surface area contributed by atoms with Crippen LogP contribution in [0.4, 0.5) is 0 Å². The summed E-state index contributed by atoms with van der Waals surface area (Å²) >= 11 is 1.77. The van der Waals surface area contributed by atoms with E-state index < -0.39 is 10.2 Å². The number of hydrogen-bond donors (Lipinski definition) is 2. The molecule has 2 N–H and O–H groups in total. The van der Waals surface area contributed by atoms with Crippen LogP contribution in [0.3, 0.4) is 0 Å². The Balaban J connectivity index is 1.72. The molecule has 0 saturated heterocycles. The highest BCUT2D eigenvalue weighted by atomic mass is 32.2. The van der Waals surface area contributed by atoms with Crippen LogP contribution in [-0.2, 0) is 10.2 Å². The first-order valence-corrected chi connectivity index (χ1v) is 10.3. The van der Waals surface area contributed by atoms with Gasteiger partial charge in [0.05, 0.1) is 0 Å². The van der Waals surface area contributed by atoms with Crippen molar-refractivity contribution in [1.82, 2.24) is 14.3 Å². The van der Waals surface area contributed by atoms with Gasteiger partial charge in [-0.05, 0) is 44.9 Å². The van der Waals surface area contributed by atoms with Crippen LogP contribution < -0.4 is 10.0 Å². The van der Waals surface area contributed by atoms with Crippen LogP contribution in [0.5, 0.6) is 0 Å². The molecule has 0 aromatic carbocycles. The third-order valence-corrected chi connectivity index (χ3v) is 6.90. The molecule has 2 rings (SSSR count). The Bertz CT molecular complexity index is 398. The van der Waals surface area contributed by atoms with E-state index in [-0.39, 0.29) is 6.04 Å². The first kappa shape index (κ1) is 16.5. The zero-order valence-corrected chi connectivity index (χ0v) is 14.1. The average molecular weight is 322 g/mol. The predicted octanol–water partition coefficient (Wildman–Crippen LogP) is 1.18. The number of nitrogens with one attached hydrogen (secondary N) is 2. The SMILES string of the molecule is CSC1CCCC1NS(=O)(=O)N(C)CCCNC1CC1. The van der Waals surface area contributed by atoms with Gasteiger partial charge in [0.1, 0.15) is 0 Å². The molecule has 2 saturated carbocycles. The maximum atomic E-state index is 12.3. The van der Waals surface area contributed by atoms with Crippen molar-refractivity contribution < 1.29 is 8.42 Å². The second-order valence-electron chi connectivity index (χ2n) is 5.84. The van der Waals surface area contributed by atoms with Gasteiger partial charge in [0.25, 0.3) is 10.2 Å². The molecule has 5 nitrogen and oxygen atoms in total. The molecule has 2 aliphatic carbocycles.